The van der Waals surface area contributed by atoms with Gasteiger partial charge in [-0.25, -0.2) is 13.1 Å². The van der Waals surface area contributed by atoms with Gasteiger partial charge < -0.3 is 9.30 Å². The largest absolute Gasteiger partial charge is 0.494 e. The van der Waals surface area contributed by atoms with Crippen LogP contribution in [0.2, 0.25) is 0 Å². The van der Waals surface area contributed by atoms with Gasteiger partial charge in [0, 0.05) is 24.9 Å². The van der Waals surface area contributed by atoms with E-state index >= 15 is 0 Å². The van der Waals surface area contributed by atoms with Crippen molar-refractivity contribution in [3.05, 3.63) is 35.9 Å². The fraction of sp³-hybridized carbons (Fsp3) is 0.529. The van der Waals surface area contributed by atoms with Gasteiger partial charge in [0.15, 0.2) is 0 Å². The molecule has 1 atom stereocenters. The predicted octanol–water partition coefficient (Wildman–Crippen LogP) is 2.09. The normalized spacial score (nSPS) is 17.5. The zero-order chi connectivity index (χ0) is 18.0. The number of hydrogen-bond donors (Lipinski definition) is 1. The lowest BCUT2D eigenvalue weighted by atomic mass is 10.1. The van der Waals surface area contributed by atoms with E-state index in [1.165, 1.54) is 0 Å². The van der Waals surface area contributed by atoms with Crippen molar-refractivity contribution < 1.29 is 13.2 Å². The van der Waals surface area contributed by atoms with E-state index in [-0.39, 0.29) is 16.9 Å². The Morgan fingerprint density at radius 1 is 1.28 bits per heavy atom. The van der Waals surface area contributed by atoms with Gasteiger partial charge in [0.2, 0.25) is 10.0 Å². The van der Waals surface area contributed by atoms with E-state index in [1.54, 1.807) is 24.3 Å². The topological polar surface area (TPSA) is 86.1 Å². The van der Waals surface area contributed by atoms with Crippen molar-refractivity contribution in [1.29, 1.82) is 0 Å². The molecule has 0 aliphatic carbocycles. The Labute approximate surface area is 148 Å². The summed E-state index contributed by atoms with van der Waals surface area (Å²) in [5, 5.41) is 8.45. The molecule has 136 valence electrons. The lowest BCUT2D eigenvalue weighted by molar-refractivity contribution is 0.340. The van der Waals surface area contributed by atoms with Gasteiger partial charge in [-0.05, 0) is 37.6 Å². The first-order chi connectivity index (χ1) is 11.9. The molecule has 1 aliphatic rings. The molecule has 8 heteroatoms. The average Bonchev–Trinajstić information content (AvgIpc) is 2.98. The van der Waals surface area contributed by atoms with Gasteiger partial charge in [0.25, 0.3) is 0 Å². The van der Waals surface area contributed by atoms with Crippen LogP contribution in [0.15, 0.2) is 29.2 Å². The van der Waals surface area contributed by atoms with Crippen molar-refractivity contribution >= 4 is 10.0 Å². The van der Waals surface area contributed by atoms with Crippen molar-refractivity contribution in [1.82, 2.24) is 19.5 Å². The number of fused-ring (bicyclic) bond motifs is 1. The summed E-state index contributed by atoms with van der Waals surface area (Å²) in [4.78, 5) is 0.245. The summed E-state index contributed by atoms with van der Waals surface area (Å²) in [5.41, 5.74) is 0. The van der Waals surface area contributed by atoms with Crippen LogP contribution in [0.4, 0.5) is 0 Å². The first-order valence-corrected chi connectivity index (χ1v) is 10.1. The molecule has 2 heterocycles. The molecule has 0 saturated heterocycles. The first kappa shape index (κ1) is 17.9. The molecule has 1 N–H and O–H groups in total. The van der Waals surface area contributed by atoms with E-state index in [0.717, 1.165) is 18.1 Å². The smallest absolute Gasteiger partial charge is 0.240 e. The maximum atomic E-state index is 12.6. The quantitative estimate of drug-likeness (QED) is 0.848. The molecule has 25 heavy (non-hydrogen) atoms. The summed E-state index contributed by atoms with van der Waals surface area (Å²) in [6, 6.07) is 6.32. The summed E-state index contributed by atoms with van der Waals surface area (Å²) in [6.45, 7) is 7.12. The van der Waals surface area contributed by atoms with Gasteiger partial charge in [-0.15, -0.1) is 10.2 Å². The van der Waals surface area contributed by atoms with Crippen LogP contribution in [0.25, 0.3) is 0 Å². The molecule has 0 radical (unpaired) electrons. The number of aryl methyl sites for hydroxylation is 1. The van der Waals surface area contributed by atoms with Crippen LogP contribution in [0.5, 0.6) is 5.75 Å². The van der Waals surface area contributed by atoms with E-state index in [9.17, 15) is 8.42 Å². The van der Waals surface area contributed by atoms with Crippen molar-refractivity contribution in [3.8, 4) is 5.75 Å². The minimum Gasteiger partial charge on any atom is -0.494 e. The molecule has 0 saturated carbocycles. The number of ether oxygens (including phenoxy) is 1. The zero-order valence-corrected chi connectivity index (χ0v) is 15.6. The summed E-state index contributed by atoms with van der Waals surface area (Å²) in [5.74, 6) is 2.75. The van der Waals surface area contributed by atoms with Crippen molar-refractivity contribution in [2.24, 2.45) is 0 Å². The maximum absolute atomic E-state index is 12.6. The Kier molecular flexibility index (Phi) is 5.10. The third-order valence-electron chi connectivity index (χ3n) is 4.26. The molecular formula is C17H24N4O3S. The van der Waals surface area contributed by atoms with Crippen LogP contribution in [0, 0.1) is 0 Å². The molecule has 1 aromatic carbocycles. The minimum absolute atomic E-state index is 0.169. The average molecular weight is 364 g/mol. The second kappa shape index (κ2) is 7.13. The third kappa shape index (κ3) is 3.85. The van der Waals surface area contributed by atoms with Gasteiger partial charge >= 0.3 is 0 Å². The fourth-order valence-corrected chi connectivity index (χ4v) is 4.30. The predicted molar refractivity (Wildman–Crippen MR) is 94.2 cm³/mol. The lowest BCUT2D eigenvalue weighted by Crippen LogP contribution is -2.41. The molecule has 0 amide bonds. The molecule has 1 aromatic heterocycles. The Balaban J connectivity index is 1.74. The summed E-state index contributed by atoms with van der Waals surface area (Å²) in [7, 11) is -3.57. The molecule has 0 spiro atoms. The standard InChI is InChI=1S/C17H24N4O3S/c1-4-24-14-6-8-15(9-7-14)25(22,23)20-13-5-10-16-18-19-17(12(2)3)21(16)11-13/h6-9,12-13,20H,4-5,10-11H2,1-3H3/t13-/m0/s1. The molecule has 7 nitrogen and oxygen atoms in total. The van der Waals surface area contributed by atoms with E-state index in [2.05, 4.69) is 28.8 Å². The Bertz CT molecular complexity index is 828. The monoisotopic (exact) mass is 364 g/mol. The highest BCUT2D eigenvalue weighted by molar-refractivity contribution is 7.89. The van der Waals surface area contributed by atoms with E-state index in [1.807, 2.05) is 11.5 Å². The van der Waals surface area contributed by atoms with Gasteiger partial charge in [0.1, 0.15) is 17.4 Å². The molecular weight excluding hydrogens is 340 g/mol. The van der Waals surface area contributed by atoms with Gasteiger partial charge in [-0.2, -0.15) is 0 Å². The van der Waals surface area contributed by atoms with Gasteiger partial charge in [-0.3, -0.25) is 0 Å². The highest BCUT2D eigenvalue weighted by Crippen LogP contribution is 2.22. The SMILES string of the molecule is CCOc1ccc(S(=O)(=O)N[C@H]2CCc3nnc(C(C)C)n3C2)cc1. The molecule has 0 bridgehead atoms. The minimum atomic E-state index is -3.57. The molecule has 0 unspecified atom stereocenters. The van der Waals surface area contributed by atoms with Crippen LogP contribution in [-0.4, -0.2) is 35.8 Å². The number of nitrogens with zero attached hydrogens (tertiary/aromatic N) is 3. The Morgan fingerprint density at radius 2 is 2.00 bits per heavy atom. The van der Waals surface area contributed by atoms with Crippen LogP contribution in [0.1, 0.15) is 44.8 Å². The van der Waals surface area contributed by atoms with Crippen LogP contribution < -0.4 is 9.46 Å². The number of sulfonamides is 1. The second-order valence-electron chi connectivity index (χ2n) is 6.50. The summed E-state index contributed by atoms with van der Waals surface area (Å²) >= 11 is 0. The van der Waals surface area contributed by atoms with Crippen molar-refractivity contribution in [3.63, 3.8) is 0 Å². The van der Waals surface area contributed by atoms with Crippen molar-refractivity contribution in [2.75, 3.05) is 6.61 Å². The zero-order valence-electron chi connectivity index (χ0n) is 14.8. The Hall–Kier alpha value is -1.93. The lowest BCUT2D eigenvalue weighted by Gasteiger charge is -2.25. The molecule has 3 rings (SSSR count). The fourth-order valence-electron chi connectivity index (χ4n) is 3.04. The number of hydrogen-bond acceptors (Lipinski definition) is 5. The van der Waals surface area contributed by atoms with Crippen LogP contribution >= 0.6 is 0 Å². The first-order valence-electron chi connectivity index (χ1n) is 8.58. The van der Waals surface area contributed by atoms with Crippen molar-refractivity contribution in [2.45, 2.75) is 57.0 Å². The van der Waals surface area contributed by atoms with Crippen LogP contribution in [-0.2, 0) is 23.0 Å². The third-order valence-corrected chi connectivity index (χ3v) is 5.80. The highest BCUT2D eigenvalue weighted by Gasteiger charge is 2.27. The van der Waals surface area contributed by atoms with E-state index in [4.69, 9.17) is 4.74 Å². The second-order valence-corrected chi connectivity index (χ2v) is 8.22. The molecule has 1 aliphatic heterocycles. The number of rotatable bonds is 6. The Morgan fingerprint density at radius 3 is 2.64 bits per heavy atom. The highest BCUT2D eigenvalue weighted by atomic mass is 32.2. The van der Waals surface area contributed by atoms with E-state index < -0.39 is 10.0 Å². The van der Waals surface area contributed by atoms with Crippen LogP contribution in [0.3, 0.4) is 0 Å². The van der Waals surface area contributed by atoms with Gasteiger partial charge in [0.05, 0.1) is 11.5 Å². The maximum Gasteiger partial charge on any atom is 0.240 e. The molecule has 0 fully saturated rings. The number of benzene rings is 1. The number of nitrogens with one attached hydrogen (secondary N) is 1. The van der Waals surface area contributed by atoms with Gasteiger partial charge in [-0.1, -0.05) is 13.8 Å². The summed E-state index contributed by atoms with van der Waals surface area (Å²) in [6.07, 6.45) is 1.43. The molecule has 2 aromatic rings. The van der Waals surface area contributed by atoms with E-state index in [0.29, 0.717) is 25.3 Å². The number of aromatic nitrogens is 3. The summed E-state index contributed by atoms with van der Waals surface area (Å²) < 4.78 is 35.5.